The maximum atomic E-state index is 13.5. The summed E-state index contributed by atoms with van der Waals surface area (Å²) in [7, 11) is -3.53. The third-order valence-electron chi connectivity index (χ3n) is 7.30. The van der Waals surface area contributed by atoms with E-state index in [2.05, 4.69) is 24.9 Å². The molecule has 0 radical (unpaired) electrons. The Bertz CT molecular complexity index is 1760. The number of nitrogens with one attached hydrogen (secondary N) is 2. The number of nitrogens with zero attached hydrogens (tertiary/aromatic N) is 4. The van der Waals surface area contributed by atoms with Crippen molar-refractivity contribution in [2.45, 2.75) is 32.4 Å². The number of aromatic nitrogens is 2. The highest BCUT2D eigenvalue weighted by atomic mass is 35.5. The number of halogens is 2. The molecule has 12 nitrogen and oxygen atoms in total. The number of benzene rings is 2. The van der Waals surface area contributed by atoms with Crippen molar-refractivity contribution >= 4 is 63.8 Å². The number of likely N-dealkylation sites (tertiary alicyclic amines) is 1. The van der Waals surface area contributed by atoms with Gasteiger partial charge in [0.1, 0.15) is 5.75 Å². The van der Waals surface area contributed by atoms with Crippen LogP contribution in [-0.2, 0) is 16.6 Å². The second-order valence-corrected chi connectivity index (χ2v) is 12.6. The lowest BCUT2D eigenvalue weighted by Crippen LogP contribution is -2.49. The number of hydrogen-bond acceptors (Lipinski definition) is 8. The molecule has 0 atom stereocenters. The van der Waals surface area contributed by atoms with Gasteiger partial charge in [0.25, 0.3) is 5.91 Å². The van der Waals surface area contributed by atoms with Gasteiger partial charge in [-0.25, -0.2) is 18.2 Å². The number of primary amides is 1. The normalized spacial score (nSPS) is 13.4. The number of sulfonamides is 1. The minimum absolute atomic E-state index is 0. The van der Waals surface area contributed by atoms with Crippen LogP contribution in [0.2, 0.25) is 0 Å². The number of para-hydroxylation sites is 1. The standard InChI is InChI=1S/C32H35N7O5S.2ClH/c1-22-8-10-25(20-34-22)36-32(41)39(26-6-4-3-5-7-26)27-14-16-38(17-15-27)21-23-9-13-30(35-19-23)44-29-12-11-24(37-45(2,42)43)18-28(29)31(33)40;;/h3-13,18-20,27,37H,14-17,21H2,1-2H3,(H2,33,40)(H,36,41);2*1H. The molecule has 0 spiro atoms. The Morgan fingerprint density at radius 2 is 1.66 bits per heavy atom. The largest absolute Gasteiger partial charge is 0.438 e. The number of nitrogens with two attached hydrogens (primary N) is 1. The Balaban J connectivity index is 0.00000300. The number of carbonyl (C=O) groups is 2. The highest BCUT2D eigenvalue weighted by Crippen LogP contribution is 2.29. The van der Waals surface area contributed by atoms with Crippen LogP contribution in [0, 0.1) is 6.92 Å². The lowest BCUT2D eigenvalue weighted by Gasteiger charge is -2.38. The molecule has 4 N–H and O–H groups in total. The summed E-state index contributed by atoms with van der Waals surface area (Å²) in [6, 6.07) is 21.1. The van der Waals surface area contributed by atoms with E-state index in [1.54, 1.807) is 18.5 Å². The van der Waals surface area contributed by atoms with Crippen molar-refractivity contribution in [3.63, 3.8) is 0 Å². The highest BCUT2D eigenvalue weighted by Gasteiger charge is 2.29. The minimum Gasteiger partial charge on any atom is -0.438 e. The number of hydrogen-bond donors (Lipinski definition) is 3. The predicted octanol–water partition coefficient (Wildman–Crippen LogP) is 5.59. The zero-order valence-electron chi connectivity index (χ0n) is 25.8. The summed E-state index contributed by atoms with van der Waals surface area (Å²) in [6.45, 7) is 4.16. The van der Waals surface area contributed by atoms with Gasteiger partial charge in [0, 0.05) is 55.0 Å². The second-order valence-electron chi connectivity index (χ2n) is 10.9. The molecule has 0 aliphatic carbocycles. The lowest BCUT2D eigenvalue weighted by atomic mass is 10.0. The van der Waals surface area contributed by atoms with Crippen LogP contribution in [0.3, 0.4) is 0 Å². The molecule has 47 heavy (non-hydrogen) atoms. The van der Waals surface area contributed by atoms with Gasteiger partial charge in [0.05, 0.1) is 23.7 Å². The topological polar surface area (TPSA) is 160 Å². The van der Waals surface area contributed by atoms with E-state index in [-0.39, 0.29) is 59.8 Å². The van der Waals surface area contributed by atoms with Crippen molar-refractivity contribution < 1.29 is 22.7 Å². The molecule has 1 saturated heterocycles. The monoisotopic (exact) mass is 701 g/mol. The van der Waals surface area contributed by atoms with E-state index in [0.717, 1.165) is 49.1 Å². The van der Waals surface area contributed by atoms with E-state index < -0.39 is 15.9 Å². The number of piperidine rings is 1. The number of ether oxygens (including phenoxy) is 1. The molecule has 3 amide bonds. The van der Waals surface area contributed by atoms with Crippen LogP contribution >= 0.6 is 24.8 Å². The van der Waals surface area contributed by atoms with Crippen molar-refractivity contribution in [2.75, 3.05) is 34.3 Å². The molecule has 3 heterocycles. The molecule has 4 aromatic rings. The minimum atomic E-state index is -3.53. The van der Waals surface area contributed by atoms with E-state index in [4.69, 9.17) is 10.5 Å². The first-order valence-electron chi connectivity index (χ1n) is 14.4. The smallest absolute Gasteiger partial charge is 0.326 e. The van der Waals surface area contributed by atoms with Crippen molar-refractivity contribution in [3.05, 3.63) is 102 Å². The van der Waals surface area contributed by atoms with Gasteiger partial charge in [-0.2, -0.15) is 0 Å². The van der Waals surface area contributed by atoms with E-state index in [1.165, 1.54) is 18.2 Å². The fourth-order valence-corrected chi connectivity index (χ4v) is 5.72. The fourth-order valence-electron chi connectivity index (χ4n) is 5.17. The quantitative estimate of drug-likeness (QED) is 0.193. The summed E-state index contributed by atoms with van der Waals surface area (Å²) in [6.07, 6.45) is 5.98. The third-order valence-corrected chi connectivity index (χ3v) is 7.91. The number of aryl methyl sites for hydroxylation is 1. The molecule has 5 rings (SSSR count). The molecule has 0 saturated carbocycles. The maximum Gasteiger partial charge on any atom is 0.326 e. The molecule has 1 aliphatic rings. The lowest BCUT2D eigenvalue weighted by molar-refractivity contribution is 0.0998. The number of pyridine rings is 2. The number of amides is 3. The van der Waals surface area contributed by atoms with Crippen LogP contribution in [0.4, 0.5) is 21.9 Å². The zero-order valence-corrected chi connectivity index (χ0v) is 28.3. The molecule has 2 aromatic heterocycles. The predicted molar refractivity (Wildman–Crippen MR) is 187 cm³/mol. The van der Waals surface area contributed by atoms with Crippen LogP contribution in [-0.4, -0.2) is 60.6 Å². The summed E-state index contributed by atoms with van der Waals surface area (Å²) in [5, 5.41) is 3.00. The van der Waals surface area contributed by atoms with Gasteiger partial charge >= 0.3 is 6.03 Å². The average Bonchev–Trinajstić information content (AvgIpc) is 3.01. The van der Waals surface area contributed by atoms with Crippen LogP contribution in [0.5, 0.6) is 11.6 Å². The first kappa shape index (κ1) is 37.0. The van der Waals surface area contributed by atoms with Gasteiger partial charge in [0.15, 0.2) is 0 Å². The maximum absolute atomic E-state index is 13.5. The Morgan fingerprint density at radius 3 is 2.26 bits per heavy atom. The molecular formula is C32H37Cl2N7O5S. The highest BCUT2D eigenvalue weighted by molar-refractivity contribution is 7.92. The molecule has 0 unspecified atom stereocenters. The number of urea groups is 1. The van der Waals surface area contributed by atoms with Gasteiger partial charge in [0.2, 0.25) is 15.9 Å². The molecule has 1 fully saturated rings. The van der Waals surface area contributed by atoms with E-state index in [0.29, 0.717) is 12.2 Å². The van der Waals surface area contributed by atoms with Crippen molar-refractivity contribution in [1.82, 2.24) is 14.9 Å². The van der Waals surface area contributed by atoms with Crippen LogP contribution in [0.15, 0.2) is 85.2 Å². The van der Waals surface area contributed by atoms with E-state index in [1.807, 2.05) is 60.4 Å². The first-order chi connectivity index (χ1) is 21.5. The summed E-state index contributed by atoms with van der Waals surface area (Å²) in [4.78, 5) is 38.3. The van der Waals surface area contributed by atoms with Crippen LogP contribution in [0.25, 0.3) is 0 Å². The Kier molecular flexibility index (Phi) is 12.9. The number of rotatable bonds is 10. The van der Waals surface area contributed by atoms with Crippen molar-refractivity contribution in [3.8, 4) is 11.6 Å². The molecule has 15 heteroatoms. The fraction of sp³-hybridized carbons (Fsp3) is 0.250. The number of anilines is 3. The van der Waals surface area contributed by atoms with Gasteiger partial charge < -0.3 is 15.8 Å². The Hall–Kier alpha value is -4.43. The molecule has 2 aromatic carbocycles. The molecule has 1 aliphatic heterocycles. The average molecular weight is 703 g/mol. The summed E-state index contributed by atoms with van der Waals surface area (Å²) >= 11 is 0. The van der Waals surface area contributed by atoms with E-state index in [9.17, 15) is 18.0 Å². The van der Waals surface area contributed by atoms with Gasteiger partial charge in [-0.05, 0) is 67.8 Å². The summed E-state index contributed by atoms with van der Waals surface area (Å²) < 4.78 is 31.2. The first-order valence-corrected chi connectivity index (χ1v) is 16.3. The SMILES string of the molecule is Cc1ccc(NC(=O)N(c2ccccc2)C2CCN(Cc3ccc(Oc4ccc(NS(C)(=O)=O)cc4C(N)=O)nc3)CC2)cn1.Cl.Cl. The van der Waals surface area contributed by atoms with Crippen LogP contribution in [0.1, 0.15) is 34.5 Å². The van der Waals surface area contributed by atoms with Gasteiger partial charge in [-0.3, -0.25) is 24.3 Å². The van der Waals surface area contributed by atoms with E-state index >= 15 is 0 Å². The van der Waals surface area contributed by atoms with Gasteiger partial charge in [-0.15, -0.1) is 24.8 Å². The summed E-state index contributed by atoms with van der Waals surface area (Å²) in [5.74, 6) is -0.343. The second kappa shape index (κ2) is 16.4. The van der Waals surface area contributed by atoms with Crippen molar-refractivity contribution in [2.24, 2.45) is 5.73 Å². The Morgan fingerprint density at radius 1 is 0.957 bits per heavy atom. The zero-order chi connectivity index (χ0) is 32.0. The summed E-state index contributed by atoms with van der Waals surface area (Å²) in [5.41, 5.74) is 9.06. The molecular weight excluding hydrogens is 665 g/mol. The number of carbonyl (C=O) groups excluding carboxylic acids is 2. The molecule has 250 valence electrons. The van der Waals surface area contributed by atoms with Crippen molar-refractivity contribution in [1.29, 1.82) is 0 Å². The van der Waals surface area contributed by atoms with Crippen LogP contribution < -0.4 is 25.4 Å². The van der Waals surface area contributed by atoms with Gasteiger partial charge in [-0.1, -0.05) is 24.3 Å². The third kappa shape index (κ3) is 10.3. The Labute approximate surface area is 286 Å². The molecule has 0 bridgehead atoms.